The summed E-state index contributed by atoms with van der Waals surface area (Å²) >= 11 is 0. The molecule has 1 aromatic carbocycles. The molecule has 118 valence electrons. The molecule has 3 nitrogen and oxygen atoms in total. The van der Waals surface area contributed by atoms with Crippen LogP contribution in [0.4, 0.5) is 0 Å². The SMILES string of the molecule is CCc1cc(CN([Si](C)(C)C)[Si](C)(C)C)ccc1C(=O)O. The molecule has 5 heteroatoms. The maximum atomic E-state index is 11.2. The maximum Gasteiger partial charge on any atom is 0.335 e. The number of carbonyl (C=O) groups is 1. The van der Waals surface area contributed by atoms with Gasteiger partial charge in [0.2, 0.25) is 0 Å². The number of hydrogen-bond donors (Lipinski definition) is 1. The van der Waals surface area contributed by atoms with E-state index in [4.69, 9.17) is 0 Å². The molecule has 0 saturated heterocycles. The van der Waals surface area contributed by atoms with E-state index in [1.54, 1.807) is 6.07 Å². The smallest absolute Gasteiger partial charge is 0.335 e. The molecule has 0 aliphatic carbocycles. The fourth-order valence-corrected chi connectivity index (χ4v) is 12.3. The van der Waals surface area contributed by atoms with Crippen LogP contribution in [-0.4, -0.2) is 31.8 Å². The van der Waals surface area contributed by atoms with E-state index in [0.29, 0.717) is 5.56 Å². The van der Waals surface area contributed by atoms with Crippen LogP contribution in [0.1, 0.15) is 28.4 Å². The summed E-state index contributed by atoms with van der Waals surface area (Å²) in [5.41, 5.74) is 2.61. The van der Waals surface area contributed by atoms with Crippen LogP contribution in [0.3, 0.4) is 0 Å². The van der Waals surface area contributed by atoms with Crippen molar-refractivity contribution in [3.63, 3.8) is 0 Å². The monoisotopic (exact) mass is 323 g/mol. The Bertz CT molecular complexity index is 502. The molecule has 1 rings (SSSR count). The lowest BCUT2D eigenvalue weighted by Gasteiger charge is -2.43. The van der Waals surface area contributed by atoms with Crippen molar-refractivity contribution in [1.82, 2.24) is 4.23 Å². The molecule has 21 heavy (non-hydrogen) atoms. The summed E-state index contributed by atoms with van der Waals surface area (Å²) in [5, 5.41) is 9.23. The molecule has 0 amide bonds. The Morgan fingerprint density at radius 2 is 1.62 bits per heavy atom. The quantitative estimate of drug-likeness (QED) is 0.788. The number of hydrogen-bond acceptors (Lipinski definition) is 2. The Morgan fingerprint density at radius 1 is 1.10 bits per heavy atom. The summed E-state index contributed by atoms with van der Waals surface area (Å²) in [5.74, 6) is -0.828. The van der Waals surface area contributed by atoms with E-state index in [2.05, 4.69) is 49.6 Å². The second-order valence-electron chi connectivity index (χ2n) is 7.58. The average molecular weight is 324 g/mol. The summed E-state index contributed by atoms with van der Waals surface area (Å²) in [6.07, 6.45) is 0.759. The second kappa shape index (κ2) is 6.46. The Labute approximate surface area is 131 Å². The van der Waals surface area contributed by atoms with E-state index < -0.39 is 22.4 Å². The standard InChI is InChI=1S/C16H29NO2Si2/c1-8-14-11-13(9-10-15(14)16(18)19)12-17(20(2,3)4)21(5,6)7/h9-11H,8,12H2,1-7H3,(H,18,19). The number of carboxylic acid groups (broad SMARTS) is 1. The highest BCUT2D eigenvalue weighted by molar-refractivity contribution is 6.89. The van der Waals surface area contributed by atoms with Crippen molar-refractivity contribution in [2.45, 2.75) is 59.2 Å². The third-order valence-corrected chi connectivity index (χ3v) is 11.3. The fraction of sp³-hybridized carbons (Fsp3) is 0.562. The van der Waals surface area contributed by atoms with Gasteiger partial charge in [0.05, 0.1) is 5.56 Å². The molecule has 0 aliphatic rings. The number of aromatic carboxylic acids is 1. The van der Waals surface area contributed by atoms with Gasteiger partial charge in [0.15, 0.2) is 0 Å². The topological polar surface area (TPSA) is 40.5 Å². The Kier molecular flexibility index (Phi) is 5.58. The molecule has 0 aliphatic heterocycles. The lowest BCUT2D eigenvalue weighted by molar-refractivity contribution is 0.0695. The minimum absolute atomic E-state index is 0.439. The average Bonchev–Trinajstić information content (AvgIpc) is 2.32. The van der Waals surface area contributed by atoms with E-state index >= 15 is 0 Å². The van der Waals surface area contributed by atoms with Crippen LogP contribution in [0.25, 0.3) is 0 Å². The number of nitrogens with zero attached hydrogens (tertiary/aromatic N) is 1. The predicted octanol–water partition coefficient (Wildman–Crippen LogP) is 4.42. The lowest BCUT2D eigenvalue weighted by atomic mass is 10.0. The van der Waals surface area contributed by atoms with Gasteiger partial charge in [-0.05, 0) is 23.6 Å². The molecule has 0 saturated carbocycles. The van der Waals surface area contributed by atoms with E-state index in [1.807, 2.05) is 13.0 Å². The molecule has 0 unspecified atom stereocenters. The third-order valence-electron chi connectivity index (χ3n) is 3.74. The van der Waals surface area contributed by atoms with Crippen LogP contribution in [0.15, 0.2) is 18.2 Å². The van der Waals surface area contributed by atoms with Crippen molar-refractivity contribution in [3.05, 3.63) is 34.9 Å². The largest absolute Gasteiger partial charge is 0.478 e. The van der Waals surface area contributed by atoms with Crippen molar-refractivity contribution in [1.29, 1.82) is 0 Å². The van der Waals surface area contributed by atoms with Gasteiger partial charge >= 0.3 is 5.97 Å². The van der Waals surface area contributed by atoms with Crippen molar-refractivity contribution in [2.75, 3.05) is 0 Å². The van der Waals surface area contributed by atoms with E-state index in [1.165, 1.54) is 5.56 Å². The number of aryl methyl sites for hydroxylation is 1. The maximum absolute atomic E-state index is 11.2. The molecule has 0 aromatic heterocycles. The van der Waals surface area contributed by atoms with E-state index in [0.717, 1.165) is 18.5 Å². The summed E-state index contributed by atoms with van der Waals surface area (Å²) < 4.78 is 2.72. The predicted molar refractivity (Wildman–Crippen MR) is 95.0 cm³/mol. The highest BCUT2D eigenvalue weighted by atomic mass is 28.4. The normalized spacial score (nSPS) is 12.8. The van der Waals surface area contributed by atoms with Gasteiger partial charge in [0, 0.05) is 6.54 Å². The highest BCUT2D eigenvalue weighted by Gasteiger charge is 2.34. The summed E-state index contributed by atoms with van der Waals surface area (Å²) in [7, 11) is -2.78. The van der Waals surface area contributed by atoms with Gasteiger partial charge < -0.3 is 9.34 Å². The third kappa shape index (κ3) is 4.79. The van der Waals surface area contributed by atoms with E-state index in [9.17, 15) is 9.90 Å². The molecular weight excluding hydrogens is 294 g/mol. The van der Waals surface area contributed by atoms with Crippen LogP contribution in [0.2, 0.25) is 39.3 Å². The van der Waals surface area contributed by atoms with Gasteiger partial charge in [0.25, 0.3) is 0 Å². The van der Waals surface area contributed by atoms with Crippen molar-refractivity contribution < 1.29 is 9.90 Å². The minimum Gasteiger partial charge on any atom is -0.478 e. The highest BCUT2D eigenvalue weighted by Crippen LogP contribution is 2.24. The summed E-state index contributed by atoms with van der Waals surface area (Å²) in [6, 6.07) is 5.83. The molecule has 1 aromatic rings. The lowest BCUT2D eigenvalue weighted by Crippen LogP contribution is -2.58. The Balaban J connectivity index is 3.14. The zero-order chi connectivity index (χ0) is 16.4. The van der Waals surface area contributed by atoms with Crippen LogP contribution in [0, 0.1) is 0 Å². The Morgan fingerprint density at radius 3 is 2.00 bits per heavy atom. The molecule has 0 fully saturated rings. The molecule has 1 N–H and O–H groups in total. The minimum atomic E-state index is -1.39. The van der Waals surface area contributed by atoms with Crippen LogP contribution < -0.4 is 0 Å². The number of benzene rings is 1. The van der Waals surface area contributed by atoms with Gasteiger partial charge in [-0.2, -0.15) is 0 Å². The van der Waals surface area contributed by atoms with Gasteiger partial charge in [0.1, 0.15) is 16.5 Å². The summed E-state index contributed by atoms with van der Waals surface area (Å²) in [4.78, 5) is 11.2. The number of carboxylic acids is 1. The van der Waals surface area contributed by atoms with Crippen LogP contribution >= 0.6 is 0 Å². The van der Waals surface area contributed by atoms with Gasteiger partial charge in [-0.3, -0.25) is 0 Å². The molecular formula is C16H29NO2Si2. The van der Waals surface area contributed by atoms with E-state index in [-0.39, 0.29) is 0 Å². The van der Waals surface area contributed by atoms with Crippen molar-refractivity contribution in [2.24, 2.45) is 0 Å². The first-order valence-electron chi connectivity index (χ1n) is 7.59. The van der Waals surface area contributed by atoms with Crippen molar-refractivity contribution >= 4 is 22.4 Å². The summed E-state index contributed by atoms with van der Waals surface area (Å²) in [6.45, 7) is 17.3. The fourth-order valence-electron chi connectivity index (χ4n) is 2.91. The zero-order valence-electron chi connectivity index (χ0n) is 14.4. The van der Waals surface area contributed by atoms with Crippen LogP contribution in [0.5, 0.6) is 0 Å². The second-order valence-corrected chi connectivity index (χ2v) is 17.8. The first-order chi connectivity index (χ1) is 9.46. The first kappa shape index (κ1) is 18.1. The van der Waals surface area contributed by atoms with Crippen LogP contribution in [-0.2, 0) is 13.0 Å². The van der Waals surface area contributed by atoms with Gasteiger partial charge in [-0.1, -0.05) is 58.3 Å². The van der Waals surface area contributed by atoms with Crippen molar-refractivity contribution in [3.8, 4) is 0 Å². The molecule has 0 heterocycles. The molecule has 0 radical (unpaired) electrons. The first-order valence-corrected chi connectivity index (χ1v) is 14.5. The number of rotatable bonds is 6. The molecule has 0 atom stereocenters. The molecule has 0 spiro atoms. The zero-order valence-corrected chi connectivity index (χ0v) is 16.4. The van der Waals surface area contributed by atoms with Gasteiger partial charge in [-0.25, -0.2) is 4.79 Å². The Hall–Kier alpha value is -0.916. The molecule has 0 bridgehead atoms. The van der Waals surface area contributed by atoms with Gasteiger partial charge in [-0.15, -0.1) is 0 Å².